The Bertz CT molecular complexity index is 873. The quantitative estimate of drug-likeness (QED) is 0.741. The molecule has 0 spiro atoms. The standard InChI is InChI=1S/C24H27NO2/c1-24(2,3)25-16-21-22(26)14-19(15-23(21)27)20-12-8-7-11-18(20)13-17-9-5-4-6-10-17/h4-12,16,19,26H,13-15H2,1-3H3. The van der Waals surface area contributed by atoms with E-state index in [9.17, 15) is 9.90 Å². The topological polar surface area (TPSA) is 49.7 Å². The molecule has 3 rings (SSSR count). The second kappa shape index (κ2) is 7.91. The van der Waals surface area contributed by atoms with Gasteiger partial charge in [0.2, 0.25) is 0 Å². The molecule has 0 aromatic heterocycles. The fraction of sp³-hybridized carbons (Fsp3) is 0.333. The van der Waals surface area contributed by atoms with Crippen LogP contribution in [0.5, 0.6) is 0 Å². The molecule has 0 saturated carbocycles. The number of hydrogen-bond donors (Lipinski definition) is 1. The van der Waals surface area contributed by atoms with Crippen molar-refractivity contribution in [3.63, 3.8) is 0 Å². The van der Waals surface area contributed by atoms with Gasteiger partial charge in [-0.15, -0.1) is 0 Å². The Hall–Kier alpha value is -2.68. The van der Waals surface area contributed by atoms with Gasteiger partial charge >= 0.3 is 0 Å². The Morgan fingerprint density at radius 2 is 1.70 bits per heavy atom. The molecule has 2 aromatic carbocycles. The number of aliphatic hydroxyl groups is 1. The summed E-state index contributed by atoms with van der Waals surface area (Å²) in [4.78, 5) is 17.1. The molecule has 0 heterocycles. The normalized spacial score (nSPS) is 18.3. The van der Waals surface area contributed by atoms with Crippen molar-refractivity contribution in [3.05, 3.63) is 82.6 Å². The summed E-state index contributed by atoms with van der Waals surface area (Å²) in [6.45, 7) is 5.91. The zero-order valence-electron chi connectivity index (χ0n) is 16.3. The molecule has 0 fully saturated rings. The van der Waals surface area contributed by atoms with E-state index < -0.39 is 0 Å². The second-order valence-electron chi connectivity index (χ2n) is 8.18. The van der Waals surface area contributed by atoms with Crippen molar-refractivity contribution in [2.24, 2.45) is 4.99 Å². The van der Waals surface area contributed by atoms with Gasteiger partial charge in [-0.2, -0.15) is 0 Å². The minimum Gasteiger partial charge on any atom is -0.511 e. The molecule has 27 heavy (non-hydrogen) atoms. The first-order valence-corrected chi connectivity index (χ1v) is 9.46. The fourth-order valence-electron chi connectivity index (χ4n) is 3.44. The number of aliphatic imine (C=N–C) groups is 1. The summed E-state index contributed by atoms with van der Waals surface area (Å²) < 4.78 is 0. The number of benzene rings is 2. The second-order valence-corrected chi connectivity index (χ2v) is 8.18. The lowest BCUT2D eigenvalue weighted by atomic mass is 9.80. The molecule has 1 aliphatic rings. The van der Waals surface area contributed by atoms with Crippen molar-refractivity contribution in [1.82, 2.24) is 0 Å². The van der Waals surface area contributed by atoms with E-state index in [2.05, 4.69) is 29.3 Å². The first-order chi connectivity index (χ1) is 12.8. The van der Waals surface area contributed by atoms with Gasteiger partial charge in [0.05, 0.1) is 11.1 Å². The van der Waals surface area contributed by atoms with Gasteiger partial charge in [-0.1, -0.05) is 54.6 Å². The lowest BCUT2D eigenvalue weighted by Gasteiger charge is -2.25. The summed E-state index contributed by atoms with van der Waals surface area (Å²) in [7, 11) is 0. The average molecular weight is 361 g/mol. The number of carbonyl (C=O) groups excluding carboxylic acids is 1. The molecule has 3 nitrogen and oxygen atoms in total. The highest BCUT2D eigenvalue weighted by Crippen LogP contribution is 2.35. The van der Waals surface area contributed by atoms with Crippen LogP contribution in [0.4, 0.5) is 0 Å². The zero-order chi connectivity index (χ0) is 19.4. The number of ketones is 1. The maximum atomic E-state index is 12.7. The number of aliphatic hydroxyl groups excluding tert-OH is 1. The predicted octanol–water partition coefficient (Wildman–Crippen LogP) is 5.41. The number of Topliss-reactive ketones (excluding diaryl/α,β-unsaturated/α-hetero) is 1. The van der Waals surface area contributed by atoms with Gasteiger partial charge in [0.25, 0.3) is 0 Å². The van der Waals surface area contributed by atoms with Crippen molar-refractivity contribution >= 4 is 12.0 Å². The van der Waals surface area contributed by atoms with E-state index in [1.807, 2.05) is 51.1 Å². The van der Waals surface area contributed by atoms with Crippen molar-refractivity contribution in [2.45, 2.75) is 51.5 Å². The van der Waals surface area contributed by atoms with Crippen LogP contribution in [-0.4, -0.2) is 22.6 Å². The van der Waals surface area contributed by atoms with Crippen LogP contribution in [0, 0.1) is 0 Å². The molecule has 0 amide bonds. The Morgan fingerprint density at radius 3 is 2.37 bits per heavy atom. The summed E-state index contributed by atoms with van der Waals surface area (Å²) in [6, 6.07) is 18.5. The number of hydrogen-bond acceptors (Lipinski definition) is 3. The average Bonchev–Trinajstić information content (AvgIpc) is 2.61. The van der Waals surface area contributed by atoms with Crippen LogP contribution in [0.1, 0.15) is 56.2 Å². The summed E-state index contributed by atoms with van der Waals surface area (Å²) >= 11 is 0. The molecule has 1 aliphatic carbocycles. The Balaban J connectivity index is 1.86. The maximum absolute atomic E-state index is 12.7. The molecule has 1 unspecified atom stereocenters. The number of allylic oxidation sites excluding steroid dienone is 2. The molecule has 3 heteroatoms. The van der Waals surface area contributed by atoms with Crippen LogP contribution in [0.3, 0.4) is 0 Å². The molecule has 0 radical (unpaired) electrons. The fourth-order valence-corrected chi connectivity index (χ4v) is 3.44. The molecular formula is C24H27NO2. The van der Waals surface area contributed by atoms with E-state index in [1.165, 1.54) is 11.1 Å². The van der Waals surface area contributed by atoms with Crippen LogP contribution >= 0.6 is 0 Å². The van der Waals surface area contributed by atoms with E-state index in [-0.39, 0.29) is 23.0 Å². The van der Waals surface area contributed by atoms with Gasteiger partial charge in [0.1, 0.15) is 5.76 Å². The van der Waals surface area contributed by atoms with Crippen LogP contribution in [-0.2, 0) is 11.2 Å². The van der Waals surface area contributed by atoms with Crippen LogP contribution in [0.15, 0.2) is 70.9 Å². The van der Waals surface area contributed by atoms with Crippen molar-refractivity contribution < 1.29 is 9.90 Å². The van der Waals surface area contributed by atoms with Crippen molar-refractivity contribution in [3.8, 4) is 0 Å². The van der Waals surface area contributed by atoms with E-state index in [1.54, 1.807) is 6.21 Å². The lowest BCUT2D eigenvalue weighted by Crippen LogP contribution is -2.21. The van der Waals surface area contributed by atoms with Crippen LogP contribution in [0.2, 0.25) is 0 Å². The number of carbonyl (C=O) groups is 1. The van der Waals surface area contributed by atoms with Gasteiger partial charge in [-0.05, 0) is 49.8 Å². The van der Waals surface area contributed by atoms with Gasteiger partial charge in [0.15, 0.2) is 5.78 Å². The third kappa shape index (κ3) is 4.94. The molecule has 2 aromatic rings. The molecule has 1 atom stereocenters. The largest absolute Gasteiger partial charge is 0.511 e. The maximum Gasteiger partial charge on any atom is 0.168 e. The van der Waals surface area contributed by atoms with Crippen LogP contribution < -0.4 is 0 Å². The molecule has 140 valence electrons. The molecule has 0 saturated heterocycles. The smallest absolute Gasteiger partial charge is 0.168 e. The predicted molar refractivity (Wildman–Crippen MR) is 111 cm³/mol. The summed E-state index contributed by atoms with van der Waals surface area (Å²) in [5, 5.41) is 10.5. The summed E-state index contributed by atoms with van der Waals surface area (Å²) in [5.74, 6) is 0.120. The van der Waals surface area contributed by atoms with Gasteiger partial charge < -0.3 is 5.11 Å². The van der Waals surface area contributed by atoms with Gasteiger partial charge in [0, 0.05) is 19.1 Å². The van der Waals surface area contributed by atoms with E-state index in [0.717, 1.165) is 12.0 Å². The number of rotatable bonds is 4. The summed E-state index contributed by atoms with van der Waals surface area (Å²) in [5.41, 5.74) is 3.69. The number of nitrogens with zero attached hydrogens (tertiary/aromatic N) is 1. The van der Waals surface area contributed by atoms with Crippen molar-refractivity contribution in [1.29, 1.82) is 0 Å². The molecule has 0 aliphatic heterocycles. The van der Waals surface area contributed by atoms with E-state index in [4.69, 9.17) is 0 Å². The van der Waals surface area contributed by atoms with Gasteiger partial charge in [-0.25, -0.2) is 0 Å². The summed E-state index contributed by atoms with van der Waals surface area (Å²) in [6.07, 6.45) is 3.25. The first kappa shape index (κ1) is 19.1. The Kier molecular flexibility index (Phi) is 5.59. The third-order valence-electron chi connectivity index (χ3n) is 4.80. The SMILES string of the molecule is CC(C)(C)N=CC1=C(O)CC(c2ccccc2Cc2ccccc2)CC1=O. The molecule has 1 N–H and O–H groups in total. The Labute approximate surface area is 161 Å². The highest BCUT2D eigenvalue weighted by atomic mass is 16.3. The minimum atomic E-state index is -0.271. The monoisotopic (exact) mass is 361 g/mol. The highest BCUT2D eigenvalue weighted by Gasteiger charge is 2.29. The molecular weight excluding hydrogens is 334 g/mol. The van der Waals surface area contributed by atoms with E-state index >= 15 is 0 Å². The minimum absolute atomic E-state index is 0.00389. The highest BCUT2D eigenvalue weighted by molar-refractivity contribution is 6.14. The van der Waals surface area contributed by atoms with Gasteiger partial charge in [-0.3, -0.25) is 9.79 Å². The lowest BCUT2D eigenvalue weighted by molar-refractivity contribution is -0.116. The first-order valence-electron chi connectivity index (χ1n) is 9.46. The van der Waals surface area contributed by atoms with E-state index in [0.29, 0.717) is 18.4 Å². The zero-order valence-corrected chi connectivity index (χ0v) is 16.3. The Morgan fingerprint density at radius 1 is 1.04 bits per heavy atom. The molecule has 0 bridgehead atoms. The van der Waals surface area contributed by atoms with Crippen molar-refractivity contribution in [2.75, 3.05) is 0 Å². The third-order valence-corrected chi connectivity index (χ3v) is 4.80. The van der Waals surface area contributed by atoms with Crippen LogP contribution in [0.25, 0.3) is 0 Å².